The van der Waals surface area contributed by atoms with Crippen molar-refractivity contribution in [2.24, 2.45) is 0 Å². The number of halogens is 3. The molecule has 0 saturated heterocycles. The van der Waals surface area contributed by atoms with E-state index < -0.39 is 0 Å². The zero-order valence-corrected chi connectivity index (χ0v) is 25.4. The van der Waals surface area contributed by atoms with Crippen molar-refractivity contribution in [3.8, 4) is 0 Å². The van der Waals surface area contributed by atoms with Crippen molar-refractivity contribution in [2.45, 2.75) is 39.7 Å². The highest BCUT2D eigenvalue weighted by Crippen LogP contribution is 2.39. The van der Waals surface area contributed by atoms with Crippen molar-refractivity contribution in [3.63, 3.8) is 0 Å². The first kappa shape index (κ1) is 26.6. The first-order valence-electron chi connectivity index (χ1n) is 14.3. The van der Waals surface area contributed by atoms with Gasteiger partial charge in [0, 0.05) is 55.3 Å². The van der Waals surface area contributed by atoms with Gasteiger partial charge >= 0.3 is 0 Å². The summed E-state index contributed by atoms with van der Waals surface area (Å²) in [5, 5.41) is 9.63. The van der Waals surface area contributed by atoms with Gasteiger partial charge in [0.2, 0.25) is 11.4 Å². The molecule has 0 radical (unpaired) electrons. The smallest absolute Gasteiger partial charge is 0.214 e. The Morgan fingerprint density at radius 1 is 0.854 bits per heavy atom. The summed E-state index contributed by atoms with van der Waals surface area (Å²) in [6, 6.07) is 21.1. The summed E-state index contributed by atoms with van der Waals surface area (Å²) in [6.07, 6.45) is 11.9. The maximum absolute atomic E-state index is 7.10. The summed E-state index contributed by atoms with van der Waals surface area (Å²) in [6.45, 7) is 6.12. The van der Waals surface area contributed by atoms with Crippen molar-refractivity contribution < 1.29 is 4.58 Å². The average Bonchev–Trinajstić information content (AvgIpc) is 3.46. The number of hydrogen-bond donors (Lipinski definition) is 0. The molecular formula is C36H30Cl3N2+. The van der Waals surface area contributed by atoms with Crippen LogP contribution in [-0.2, 0) is 6.54 Å². The van der Waals surface area contributed by atoms with Crippen molar-refractivity contribution in [3.05, 3.63) is 116 Å². The van der Waals surface area contributed by atoms with Crippen LogP contribution in [0.4, 0.5) is 5.69 Å². The van der Waals surface area contributed by atoms with Crippen LogP contribution in [0.25, 0.3) is 38.5 Å². The minimum Gasteiger partial charge on any atom is -0.341 e. The van der Waals surface area contributed by atoms with Gasteiger partial charge in [-0.3, -0.25) is 0 Å². The first-order chi connectivity index (χ1) is 20.0. The summed E-state index contributed by atoms with van der Waals surface area (Å²) < 4.78 is 4.72. The molecule has 0 amide bonds. The van der Waals surface area contributed by atoms with Crippen LogP contribution < -0.4 is 5.35 Å². The molecule has 0 atom stereocenters. The zero-order valence-electron chi connectivity index (χ0n) is 23.1. The minimum atomic E-state index is 0.765. The topological polar surface area (TPSA) is 7.94 Å². The fraction of sp³-hybridized carbons (Fsp3) is 0.194. The Morgan fingerprint density at radius 2 is 1.68 bits per heavy atom. The number of nitrogens with zero attached hydrogens (tertiary/aromatic N) is 2. The van der Waals surface area contributed by atoms with Crippen LogP contribution >= 0.6 is 34.8 Å². The Bertz CT molecular complexity index is 2070. The van der Waals surface area contributed by atoms with Gasteiger partial charge in [0.15, 0.2) is 0 Å². The third kappa shape index (κ3) is 4.27. The van der Waals surface area contributed by atoms with E-state index in [1.165, 1.54) is 60.5 Å². The molecule has 1 aliphatic carbocycles. The highest BCUT2D eigenvalue weighted by molar-refractivity contribution is 6.37. The molecule has 1 aliphatic heterocycles. The molecular weight excluding hydrogens is 567 g/mol. The van der Waals surface area contributed by atoms with E-state index in [1.807, 2.05) is 12.1 Å². The van der Waals surface area contributed by atoms with Crippen LogP contribution in [0.15, 0.2) is 95.1 Å². The second-order valence-electron chi connectivity index (χ2n) is 10.8. The summed E-state index contributed by atoms with van der Waals surface area (Å²) in [4.78, 5) is 0. The van der Waals surface area contributed by atoms with Crippen LogP contribution in [0.1, 0.15) is 38.7 Å². The molecule has 41 heavy (non-hydrogen) atoms. The fourth-order valence-electron chi connectivity index (χ4n) is 6.74. The van der Waals surface area contributed by atoms with Crippen LogP contribution in [0.5, 0.6) is 0 Å². The molecule has 2 heterocycles. The Morgan fingerprint density at radius 3 is 2.51 bits per heavy atom. The van der Waals surface area contributed by atoms with E-state index in [1.54, 1.807) is 0 Å². The lowest BCUT2D eigenvalue weighted by Gasteiger charge is -2.16. The summed E-state index contributed by atoms with van der Waals surface area (Å²) in [5.74, 6) is 0. The quantitative estimate of drug-likeness (QED) is 0.178. The number of allylic oxidation sites excluding steroid dienone is 6. The maximum Gasteiger partial charge on any atom is 0.214 e. The predicted octanol–water partition coefficient (Wildman–Crippen LogP) is 10.1. The zero-order chi connectivity index (χ0) is 28.2. The van der Waals surface area contributed by atoms with Gasteiger partial charge in [-0.05, 0) is 80.0 Å². The third-order valence-electron chi connectivity index (χ3n) is 8.57. The Balaban J connectivity index is 1.30. The van der Waals surface area contributed by atoms with E-state index in [2.05, 4.69) is 95.8 Å². The van der Waals surface area contributed by atoms with Gasteiger partial charge in [-0.25, -0.2) is 0 Å². The summed E-state index contributed by atoms with van der Waals surface area (Å²) >= 11 is 20.1. The molecule has 4 aromatic carbocycles. The predicted molar refractivity (Wildman–Crippen MR) is 177 cm³/mol. The van der Waals surface area contributed by atoms with E-state index >= 15 is 0 Å². The highest BCUT2D eigenvalue weighted by atomic mass is 35.5. The van der Waals surface area contributed by atoms with Crippen LogP contribution in [0.2, 0.25) is 10.0 Å². The van der Waals surface area contributed by atoms with Crippen LogP contribution in [-0.4, -0.2) is 21.4 Å². The molecule has 204 valence electrons. The summed E-state index contributed by atoms with van der Waals surface area (Å²) in [5.41, 5.74) is 7.18. The van der Waals surface area contributed by atoms with Gasteiger partial charge in [0.25, 0.3) is 0 Å². The van der Waals surface area contributed by atoms with E-state index in [9.17, 15) is 0 Å². The normalized spacial score (nSPS) is 17.2. The van der Waals surface area contributed by atoms with Crippen LogP contribution in [0, 0.1) is 0 Å². The Hall–Kier alpha value is -3.30. The third-order valence-corrected chi connectivity index (χ3v) is 9.61. The van der Waals surface area contributed by atoms with Crippen molar-refractivity contribution in [2.75, 3.05) is 6.54 Å². The number of benzene rings is 4. The van der Waals surface area contributed by atoms with E-state index in [4.69, 9.17) is 34.8 Å². The summed E-state index contributed by atoms with van der Waals surface area (Å²) in [7, 11) is 0. The number of rotatable bonds is 5. The van der Waals surface area contributed by atoms with Crippen molar-refractivity contribution in [1.29, 1.82) is 0 Å². The molecule has 7 rings (SSSR count). The molecule has 1 aromatic heterocycles. The molecule has 0 N–H and O–H groups in total. The molecule has 5 heteroatoms. The maximum atomic E-state index is 7.10. The molecule has 0 saturated carbocycles. The van der Waals surface area contributed by atoms with E-state index in [0.717, 1.165) is 52.8 Å². The van der Waals surface area contributed by atoms with Gasteiger partial charge in [-0.2, -0.15) is 4.58 Å². The SMILES string of the molecule is CCn1c(=CC=C2CCCC(C=CC3=[N+](CC)c4ccc(Cl)c5cccc3c45)=C2Cl)c2cccc3cc(Cl)cc1c32. The average molecular weight is 597 g/mol. The Labute approximate surface area is 255 Å². The Kier molecular flexibility index (Phi) is 6.82. The number of aromatic nitrogens is 1. The molecule has 2 aliphatic rings. The fourth-order valence-corrected chi connectivity index (χ4v) is 7.50. The van der Waals surface area contributed by atoms with Gasteiger partial charge in [0.05, 0.1) is 16.5 Å². The lowest BCUT2D eigenvalue weighted by molar-refractivity contribution is -0.430. The van der Waals surface area contributed by atoms with Crippen molar-refractivity contribution >= 4 is 84.7 Å². The first-order valence-corrected chi connectivity index (χ1v) is 15.5. The van der Waals surface area contributed by atoms with Crippen LogP contribution in [0.3, 0.4) is 0 Å². The van der Waals surface area contributed by atoms with Gasteiger partial charge in [-0.1, -0.05) is 77.3 Å². The standard InChI is InChI=1S/C36H30Cl3N2/c1-3-40-31(28-13-7-11-26-29(38)16-19-32(40)35(26)28)18-15-23-9-5-8-22(36(23)39)14-17-30-27-12-6-10-24-20-25(37)21-33(34(24)27)41(30)4-2/h6-7,10-21H,3-5,8-9H2,1-2H3/q+1. The molecule has 0 fully saturated rings. The van der Waals surface area contributed by atoms with Gasteiger partial charge < -0.3 is 4.57 Å². The molecule has 0 bridgehead atoms. The minimum absolute atomic E-state index is 0.765. The van der Waals surface area contributed by atoms with E-state index in [-0.39, 0.29) is 0 Å². The monoisotopic (exact) mass is 595 g/mol. The number of aryl methyl sites for hydroxylation is 1. The lowest BCUT2D eigenvalue weighted by atomic mass is 9.93. The molecule has 0 spiro atoms. The molecule has 0 unspecified atom stereocenters. The molecule has 2 nitrogen and oxygen atoms in total. The largest absolute Gasteiger partial charge is 0.341 e. The van der Waals surface area contributed by atoms with Gasteiger partial charge in [-0.15, -0.1) is 0 Å². The number of hydrogen-bond acceptors (Lipinski definition) is 0. The second-order valence-corrected chi connectivity index (χ2v) is 12.0. The second kappa shape index (κ2) is 10.5. The van der Waals surface area contributed by atoms with Crippen molar-refractivity contribution in [1.82, 2.24) is 4.57 Å². The van der Waals surface area contributed by atoms with Gasteiger partial charge in [0.1, 0.15) is 6.54 Å². The lowest BCUT2D eigenvalue weighted by Crippen LogP contribution is -2.15. The highest BCUT2D eigenvalue weighted by Gasteiger charge is 2.30. The molecule has 5 aromatic rings. The van der Waals surface area contributed by atoms with E-state index in [0.29, 0.717) is 0 Å².